The Bertz CT molecular complexity index is 3090. The minimum Gasteiger partial charge on any atom is -0.310 e. The van der Waals surface area contributed by atoms with E-state index in [4.69, 9.17) is 0 Å². The van der Waals surface area contributed by atoms with Crippen LogP contribution in [0.2, 0.25) is 0 Å². The molecule has 0 amide bonds. The lowest BCUT2D eigenvalue weighted by molar-refractivity contribution is 1.20. The number of nitrogens with zero attached hydrogens (tertiary/aromatic N) is 2. The highest BCUT2D eigenvalue weighted by Crippen LogP contribution is 2.44. The predicted octanol–water partition coefficient (Wildman–Crippen LogP) is 15.1. The molecule has 0 aliphatic carbocycles. The Morgan fingerprint density at radius 2 is 0.891 bits per heavy atom. The summed E-state index contributed by atoms with van der Waals surface area (Å²) in [5, 5.41) is 7.62. The van der Waals surface area contributed by atoms with Gasteiger partial charge in [0, 0.05) is 43.3 Å². The van der Waals surface area contributed by atoms with Gasteiger partial charge in [-0.25, -0.2) is 0 Å². The third-order valence-corrected chi connectivity index (χ3v) is 12.2. The van der Waals surface area contributed by atoms with Gasteiger partial charge in [-0.05, 0) is 93.7 Å². The van der Waals surface area contributed by atoms with Gasteiger partial charge >= 0.3 is 0 Å². The number of hydrogen-bond donors (Lipinski definition) is 0. The first-order valence-electron chi connectivity index (χ1n) is 18.8. The van der Waals surface area contributed by atoms with Crippen molar-refractivity contribution in [3.8, 4) is 27.9 Å². The number of anilines is 3. The quantitative estimate of drug-likeness (QED) is 0.166. The summed E-state index contributed by atoms with van der Waals surface area (Å²) < 4.78 is 5.03. The molecule has 0 bridgehead atoms. The standard InChI is InChI=1S/C52H34N2S/c1-3-12-35(13-4-1)37-22-26-41(27-23-37)53(42-28-24-38(25-29-42)36-14-5-2-6-15-36)43-30-31-45-46-19-11-21-49(52(46)55-51(45)34-43)54-48-20-10-9-18-44(48)47-32-39-16-7-8-17-40(39)33-50(47)54/h1-34H. The van der Waals surface area contributed by atoms with Crippen molar-refractivity contribution in [3.05, 3.63) is 206 Å². The SMILES string of the molecule is c1ccc(-c2ccc(N(c3ccc(-c4ccccc4)cc3)c3ccc4c(c3)sc3c(-n5c6ccccc6c6cc7ccccc7cc65)cccc34)cc2)cc1. The fraction of sp³-hybridized carbons (Fsp3) is 0. The number of aromatic nitrogens is 1. The van der Waals surface area contributed by atoms with E-state index in [0.29, 0.717) is 0 Å². The molecule has 2 nitrogen and oxygen atoms in total. The first-order valence-corrected chi connectivity index (χ1v) is 19.6. The maximum Gasteiger partial charge on any atom is 0.0640 e. The van der Waals surface area contributed by atoms with Crippen LogP contribution in [0.4, 0.5) is 17.1 Å². The van der Waals surface area contributed by atoms with Gasteiger partial charge < -0.3 is 9.47 Å². The minimum absolute atomic E-state index is 1.12. The summed E-state index contributed by atoms with van der Waals surface area (Å²) in [5.74, 6) is 0. The van der Waals surface area contributed by atoms with Crippen LogP contribution in [0, 0.1) is 0 Å². The van der Waals surface area contributed by atoms with Gasteiger partial charge in [0.1, 0.15) is 0 Å². The maximum atomic E-state index is 2.48. The molecule has 11 aromatic rings. The van der Waals surface area contributed by atoms with Crippen LogP contribution in [0.3, 0.4) is 0 Å². The maximum absolute atomic E-state index is 2.48. The van der Waals surface area contributed by atoms with E-state index in [1.54, 1.807) is 0 Å². The number of benzene rings is 9. The monoisotopic (exact) mass is 718 g/mol. The third-order valence-electron chi connectivity index (χ3n) is 11.0. The minimum atomic E-state index is 1.12. The molecule has 0 aliphatic rings. The molecule has 0 N–H and O–H groups in total. The fourth-order valence-electron chi connectivity index (χ4n) is 8.32. The molecule has 55 heavy (non-hydrogen) atoms. The summed E-state index contributed by atoms with van der Waals surface area (Å²) in [6.45, 7) is 0. The zero-order valence-corrected chi connectivity index (χ0v) is 30.7. The van der Waals surface area contributed by atoms with Gasteiger partial charge in [0.2, 0.25) is 0 Å². The van der Waals surface area contributed by atoms with Crippen LogP contribution >= 0.6 is 11.3 Å². The highest BCUT2D eigenvalue weighted by Gasteiger charge is 2.19. The van der Waals surface area contributed by atoms with Crippen LogP contribution in [0.15, 0.2) is 206 Å². The van der Waals surface area contributed by atoms with Crippen molar-refractivity contribution >= 4 is 81.1 Å². The van der Waals surface area contributed by atoms with Gasteiger partial charge in [-0.15, -0.1) is 11.3 Å². The summed E-state index contributed by atoms with van der Waals surface area (Å²) in [4.78, 5) is 2.38. The van der Waals surface area contributed by atoms with E-state index in [9.17, 15) is 0 Å². The molecule has 0 spiro atoms. The number of para-hydroxylation sites is 1. The van der Waals surface area contributed by atoms with Crippen molar-refractivity contribution in [3.63, 3.8) is 0 Å². The Labute approximate surface area is 323 Å². The lowest BCUT2D eigenvalue weighted by Crippen LogP contribution is -2.09. The predicted molar refractivity (Wildman–Crippen MR) is 237 cm³/mol. The summed E-state index contributed by atoms with van der Waals surface area (Å²) in [5.41, 5.74) is 11.9. The molecule has 2 heterocycles. The number of hydrogen-bond acceptors (Lipinski definition) is 2. The Morgan fingerprint density at radius 3 is 1.56 bits per heavy atom. The molecule has 0 saturated heterocycles. The van der Waals surface area contributed by atoms with Gasteiger partial charge in [0.05, 0.1) is 21.4 Å². The topological polar surface area (TPSA) is 8.17 Å². The van der Waals surface area contributed by atoms with Crippen LogP contribution in [0.1, 0.15) is 0 Å². The molecule has 258 valence electrons. The Hall–Kier alpha value is -6.94. The second-order valence-corrected chi connectivity index (χ2v) is 15.2. The van der Waals surface area contributed by atoms with Crippen LogP contribution in [0.5, 0.6) is 0 Å². The second kappa shape index (κ2) is 12.9. The molecular formula is C52H34N2S. The summed E-state index contributed by atoms with van der Waals surface area (Å²) in [6.07, 6.45) is 0. The van der Waals surface area contributed by atoms with E-state index in [0.717, 1.165) is 17.1 Å². The third kappa shape index (κ3) is 5.32. The van der Waals surface area contributed by atoms with Crippen molar-refractivity contribution < 1.29 is 0 Å². The smallest absolute Gasteiger partial charge is 0.0640 e. The van der Waals surface area contributed by atoms with Crippen molar-refractivity contribution in [1.82, 2.24) is 4.57 Å². The first kappa shape index (κ1) is 31.6. The van der Waals surface area contributed by atoms with Crippen LogP contribution in [-0.2, 0) is 0 Å². The van der Waals surface area contributed by atoms with Crippen LogP contribution in [-0.4, -0.2) is 4.57 Å². The molecule has 0 radical (unpaired) electrons. The fourth-order valence-corrected chi connectivity index (χ4v) is 9.56. The zero-order chi connectivity index (χ0) is 36.3. The van der Waals surface area contributed by atoms with Crippen molar-refractivity contribution in [2.24, 2.45) is 0 Å². The average molecular weight is 719 g/mol. The summed E-state index contributed by atoms with van der Waals surface area (Å²) >= 11 is 1.88. The Balaban J connectivity index is 1.08. The van der Waals surface area contributed by atoms with E-state index in [-0.39, 0.29) is 0 Å². The van der Waals surface area contributed by atoms with Gasteiger partial charge in [-0.2, -0.15) is 0 Å². The molecule has 9 aromatic carbocycles. The Kier molecular flexibility index (Phi) is 7.39. The molecule has 3 heteroatoms. The van der Waals surface area contributed by atoms with Gasteiger partial charge in [-0.3, -0.25) is 0 Å². The number of rotatable bonds is 6. The largest absolute Gasteiger partial charge is 0.310 e. The van der Waals surface area contributed by atoms with Crippen molar-refractivity contribution in [2.45, 2.75) is 0 Å². The molecule has 2 aromatic heterocycles. The van der Waals surface area contributed by atoms with E-state index in [1.807, 2.05) is 11.3 Å². The van der Waals surface area contributed by atoms with E-state index in [2.05, 4.69) is 216 Å². The average Bonchev–Trinajstić information content (AvgIpc) is 3.79. The molecule has 0 unspecified atom stereocenters. The van der Waals surface area contributed by atoms with Gasteiger partial charge in [-0.1, -0.05) is 146 Å². The molecule has 0 saturated carbocycles. The lowest BCUT2D eigenvalue weighted by atomic mass is 10.0. The number of thiophene rings is 1. The molecule has 0 fully saturated rings. The Morgan fingerprint density at radius 1 is 0.345 bits per heavy atom. The highest BCUT2D eigenvalue weighted by atomic mass is 32.1. The molecule has 0 aliphatic heterocycles. The van der Waals surface area contributed by atoms with E-state index in [1.165, 1.54) is 80.7 Å². The van der Waals surface area contributed by atoms with Gasteiger partial charge in [0.25, 0.3) is 0 Å². The highest BCUT2D eigenvalue weighted by molar-refractivity contribution is 7.26. The van der Waals surface area contributed by atoms with E-state index >= 15 is 0 Å². The van der Waals surface area contributed by atoms with Gasteiger partial charge in [0.15, 0.2) is 0 Å². The van der Waals surface area contributed by atoms with Crippen LogP contribution in [0.25, 0.3) is 80.7 Å². The first-order chi connectivity index (χ1) is 27.3. The summed E-state index contributed by atoms with van der Waals surface area (Å²) in [6, 6.07) is 75.1. The van der Waals surface area contributed by atoms with Crippen LogP contribution < -0.4 is 4.90 Å². The lowest BCUT2D eigenvalue weighted by Gasteiger charge is -2.26. The number of fused-ring (bicyclic) bond motifs is 7. The molecule has 0 atom stereocenters. The van der Waals surface area contributed by atoms with Crippen molar-refractivity contribution in [1.29, 1.82) is 0 Å². The zero-order valence-electron chi connectivity index (χ0n) is 29.9. The molecule has 11 rings (SSSR count). The molecular weight excluding hydrogens is 685 g/mol. The normalized spacial score (nSPS) is 11.6. The summed E-state index contributed by atoms with van der Waals surface area (Å²) in [7, 11) is 0. The van der Waals surface area contributed by atoms with Crippen molar-refractivity contribution in [2.75, 3.05) is 4.90 Å². The van der Waals surface area contributed by atoms with E-state index < -0.39 is 0 Å². The second-order valence-electron chi connectivity index (χ2n) is 14.2.